The molecule has 8 aromatic carbocycles. The first-order valence-electron chi connectivity index (χ1n) is 26.6. The van der Waals surface area contributed by atoms with Crippen LogP contribution >= 0.6 is 0 Å². The number of hydrogen-bond acceptors (Lipinski definition) is 2. The standard InChI is InChI=1S/C70H65N5O.Pt/c1-67(2,3)46-30-33-62-59(40-46)58-32-31-54(43-64(58)75(62)65-41-47(34-35-71-65)68(4,5)6)76-53-23-18-21-50(42-53)72-44-73(52-38-48(69(7,8)9)37-49(39-52)70(10,11)12)66-55(26-19-29-63(66)72)45-20-17-22-51(36-45)74-60-27-15-13-24-56(60)57-25-14-16-28-61(57)74;/h13-41H,1-12H3;/q;+2. The molecule has 0 radical (unpaired) electrons. The molecule has 1 aliphatic rings. The van der Waals surface area contributed by atoms with Gasteiger partial charge in [-0.05, 0) is 108 Å². The summed E-state index contributed by atoms with van der Waals surface area (Å²) < 4.78 is 15.8. The molecule has 7 heteroatoms. The Morgan fingerprint density at radius 2 is 1.08 bits per heavy atom. The number of fused-ring (bicyclic) bond motifs is 7. The van der Waals surface area contributed by atoms with Crippen LogP contribution in [-0.4, -0.2) is 20.1 Å². The van der Waals surface area contributed by atoms with Crippen LogP contribution in [0.1, 0.15) is 105 Å². The van der Waals surface area contributed by atoms with Crippen LogP contribution in [0.2, 0.25) is 0 Å². The molecule has 0 amide bonds. The molecule has 0 unspecified atom stereocenters. The Kier molecular flexibility index (Phi) is 12.6. The first-order valence-corrected chi connectivity index (χ1v) is 26.6. The van der Waals surface area contributed by atoms with Crippen molar-refractivity contribution in [2.45, 2.75) is 105 Å². The Bertz CT molecular complexity index is 4140. The summed E-state index contributed by atoms with van der Waals surface area (Å²) in [7, 11) is 0. The van der Waals surface area contributed by atoms with Gasteiger partial charge in [0.2, 0.25) is 5.69 Å². The number of nitrogens with zero attached hydrogens (tertiary/aromatic N) is 5. The molecule has 77 heavy (non-hydrogen) atoms. The summed E-state index contributed by atoms with van der Waals surface area (Å²) in [5.41, 5.74) is 16.3. The molecule has 0 fully saturated rings. The summed E-state index contributed by atoms with van der Waals surface area (Å²) >= 11 is 0. The van der Waals surface area contributed by atoms with Gasteiger partial charge in [0.15, 0.2) is 0 Å². The summed E-state index contributed by atoms with van der Waals surface area (Å²) in [5, 5.41) is 4.72. The van der Waals surface area contributed by atoms with E-state index in [0.717, 1.165) is 67.2 Å². The van der Waals surface area contributed by atoms with Crippen molar-refractivity contribution >= 4 is 72.4 Å². The van der Waals surface area contributed by atoms with E-state index < -0.39 is 0 Å². The van der Waals surface area contributed by atoms with Gasteiger partial charge in [-0.2, -0.15) is 12.1 Å². The van der Waals surface area contributed by atoms with Crippen molar-refractivity contribution < 1.29 is 25.8 Å². The fraction of sp³-hybridized carbons (Fsp3) is 0.229. The number of ether oxygens (including phenoxy) is 1. The molecular formula is C70H65N5OPt+2. The maximum atomic E-state index is 6.82. The van der Waals surface area contributed by atoms with E-state index in [1.54, 1.807) is 0 Å². The largest absolute Gasteiger partial charge is 2.00 e. The third kappa shape index (κ3) is 9.26. The minimum atomic E-state index is -0.0927. The Hall–Kier alpha value is -7.62. The predicted molar refractivity (Wildman–Crippen MR) is 318 cm³/mol. The zero-order valence-electron chi connectivity index (χ0n) is 46.2. The van der Waals surface area contributed by atoms with E-state index in [9.17, 15) is 0 Å². The summed E-state index contributed by atoms with van der Waals surface area (Å²) in [6.45, 7) is 27.3. The molecule has 1 aliphatic heterocycles. The van der Waals surface area contributed by atoms with Crippen LogP contribution < -0.4 is 13.9 Å². The molecule has 384 valence electrons. The van der Waals surface area contributed by atoms with Gasteiger partial charge >= 0.3 is 32.8 Å². The SMILES string of the molecule is CC(C)(C)c1cc([N+]2=C=[N+](c3[c-]c(Oc4[c-]c5c(cc4)c4cc(C(C)(C)C)ccc4n5-c4cc(C(C)(C)C)ccn4)ccc3)c3cccc(-c4cccc(-n5c6ccccc6c6ccccc65)c4)c32)cc(C(C)(C)C)c1.[Pt+2]. The van der Waals surface area contributed by atoms with E-state index in [0.29, 0.717) is 11.5 Å². The van der Waals surface area contributed by atoms with Crippen LogP contribution in [0, 0.1) is 12.1 Å². The molecule has 0 saturated heterocycles. The van der Waals surface area contributed by atoms with Crippen molar-refractivity contribution in [1.82, 2.24) is 23.3 Å². The second-order valence-corrected chi connectivity index (χ2v) is 24.7. The van der Waals surface area contributed by atoms with Gasteiger partial charge in [-0.3, -0.25) is 0 Å². The molecule has 12 rings (SSSR count). The Morgan fingerprint density at radius 3 is 1.75 bits per heavy atom. The third-order valence-electron chi connectivity index (χ3n) is 15.2. The third-order valence-corrected chi connectivity index (χ3v) is 15.2. The minimum Gasteiger partial charge on any atom is -0.509 e. The molecule has 6 nitrogen and oxygen atoms in total. The van der Waals surface area contributed by atoms with Crippen LogP contribution in [0.15, 0.2) is 176 Å². The van der Waals surface area contributed by atoms with Crippen LogP contribution in [0.3, 0.4) is 0 Å². The average Bonchev–Trinajstić information content (AvgIpc) is 4.08. The van der Waals surface area contributed by atoms with Crippen molar-refractivity contribution in [1.29, 1.82) is 0 Å². The average molecular weight is 1190 g/mol. The van der Waals surface area contributed by atoms with Crippen LogP contribution in [0.5, 0.6) is 11.5 Å². The molecule has 0 spiro atoms. The maximum absolute atomic E-state index is 6.82. The van der Waals surface area contributed by atoms with E-state index in [1.165, 1.54) is 44.1 Å². The van der Waals surface area contributed by atoms with E-state index >= 15 is 0 Å². The number of para-hydroxylation sites is 3. The molecule has 4 heterocycles. The predicted octanol–water partition coefficient (Wildman–Crippen LogP) is 18.4. The molecule has 0 saturated carbocycles. The van der Waals surface area contributed by atoms with Crippen molar-refractivity contribution in [2.75, 3.05) is 0 Å². The second kappa shape index (κ2) is 18.8. The zero-order valence-corrected chi connectivity index (χ0v) is 48.5. The minimum absolute atomic E-state index is 0. The van der Waals surface area contributed by atoms with E-state index in [4.69, 9.17) is 9.72 Å². The van der Waals surface area contributed by atoms with Crippen molar-refractivity contribution in [2.24, 2.45) is 0 Å². The summed E-state index contributed by atoms with van der Waals surface area (Å²) in [4.78, 5) is 4.96. The van der Waals surface area contributed by atoms with Gasteiger partial charge in [0, 0.05) is 57.9 Å². The fourth-order valence-electron chi connectivity index (χ4n) is 10.8. The zero-order chi connectivity index (χ0) is 53.1. The fourth-order valence-corrected chi connectivity index (χ4v) is 10.8. The quantitative estimate of drug-likeness (QED) is 0.118. The molecule has 0 N–H and O–H groups in total. The first kappa shape index (κ1) is 51.5. The number of aromatic nitrogens is 3. The Balaban J connectivity index is 0.00000631. The van der Waals surface area contributed by atoms with Gasteiger partial charge in [0.25, 0.3) is 5.69 Å². The van der Waals surface area contributed by atoms with E-state index in [2.05, 4.69) is 271 Å². The van der Waals surface area contributed by atoms with Gasteiger partial charge < -0.3 is 13.9 Å². The van der Waals surface area contributed by atoms with Crippen molar-refractivity contribution in [3.63, 3.8) is 0 Å². The van der Waals surface area contributed by atoms with Gasteiger partial charge in [0.1, 0.15) is 11.5 Å². The van der Waals surface area contributed by atoms with Crippen LogP contribution in [0.4, 0.5) is 22.7 Å². The number of pyridine rings is 1. The molecule has 0 bridgehead atoms. The van der Waals surface area contributed by atoms with Crippen LogP contribution in [-0.2, 0) is 42.7 Å². The van der Waals surface area contributed by atoms with Gasteiger partial charge in [0.05, 0.1) is 16.6 Å². The van der Waals surface area contributed by atoms with Crippen LogP contribution in [0.25, 0.3) is 66.2 Å². The molecule has 0 aliphatic carbocycles. The van der Waals surface area contributed by atoms with Crippen molar-refractivity contribution in [3.8, 4) is 34.1 Å². The molecule has 0 atom stereocenters. The number of benzene rings is 8. The Labute approximate surface area is 467 Å². The first-order chi connectivity index (χ1) is 36.2. The smallest absolute Gasteiger partial charge is 0.509 e. The maximum Gasteiger partial charge on any atom is 2.00 e. The molecule has 11 aromatic rings. The number of rotatable bonds is 7. The van der Waals surface area contributed by atoms with E-state index in [-0.39, 0.29) is 42.7 Å². The Morgan fingerprint density at radius 1 is 0.468 bits per heavy atom. The van der Waals surface area contributed by atoms with Gasteiger partial charge in [-0.25, -0.2) is 4.98 Å². The van der Waals surface area contributed by atoms with Crippen molar-refractivity contribution in [3.05, 3.63) is 210 Å². The normalized spacial score (nSPS) is 13.0. The topological polar surface area (TPSA) is 38.0 Å². The second-order valence-electron chi connectivity index (χ2n) is 24.7. The summed E-state index contributed by atoms with van der Waals surface area (Å²) in [6, 6.07) is 72.7. The monoisotopic (exact) mass is 1190 g/mol. The van der Waals surface area contributed by atoms with E-state index in [1.807, 2.05) is 24.4 Å². The van der Waals surface area contributed by atoms with Gasteiger partial charge in [-0.1, -0.05) is 178 Å². The van der Waals surface area contributed by atoms with Gasteiger partial charge in [-0.15, -0.1) is 23.6 Å². The number of hydrogen-bond donors (Lipinski definition) is 0. The molecule has 3 aromatic heterocycles. The summed E-state index contributed by atoms with van der Waals surface area (Å²) in [6.07, 6.45) is 1.92. The summed E-state index contributed by atoms with van der Waals surface area (Å²) in [5.74, 6) is 2.01. The molecular weight excluding hydrogens is 1120 g/mol.